The quantitative estimate of drug-likeness (QED) is 0.424. The maximum atomic E-state index is 12.1. The Balaban J connectivity index is 2.10. The lowest BCUT2D eigenvalue weighted by molar-refractivity contribution is 0.0472. The summed E-state index contributed by atoms with van der Waals surface area (Å²) in [5.74, 6) is -1.34. The normalized spacial score (nSPS) is 11.9. The maximum absolute atomic E-state index is 12.1. The Kier molecular flexibility index (Phi) is 6.13. The Hall–Kier alpha value is -2.27. The molecule has 2 aromatic carbocycles. The molecule has 0 heterocycles. The highest BCUT2D eigenvalue weighted by atomic mass is 32.2. The second kappa shape index (κ2) is 7.96. The van der Waals surface area contributed by atoms with E-state index in [2.05, 4.69) is 4.18 Å². The molecule has 26 heavy (non-hydrogen) atoms. The first-order chi connectivity index (χ1) is 12.1. The van der Waals surface area contributed by atoms with Gasteiger partial charge in [-0.3, -0.25) is 8.74 Å². The lowest BCUT2D eigenvalue weighted by Crippen LogP contribution is -2.08. The molecule has 2 rings (SSSR count). The summed E-state index contributed by atoms with van der Waals surface area (Å²) in [4.78, 5) is 12.0. The number of hydrogen-bond acceptors (Lipinski definition) is 7. The molecule has 0 saturated heterocycles. The zero-order valence-electron chi connectivity index (χ0n) is 13.7. The Morgan fingerprint density at radius 3 is 2.31 bits per heavy atom. The van der Waals surface area contributed by atoms with Crippen molar-refractivity contribution in [2.24, 2.45) is 0 Å². The number of carbonyl (C=O) groups excluding carboxylic acids is 1. The third-order valence-electron chi connectivity index (χ3n) is 3.29. The van der Waals surface area contributed by atoms with E-state index in [4.69, 9.17) is 9.29 Å². The first kappa shape index (κ1) is 20.0. The van der Waals surface area contributed by atoms with Crippen molar-refractivity contribution in [1.82, 2.24) is 0 Å². The molecule has 0 saturated carbocycles. The molecule has 0 atom stereocenters. The van der Waals surface area contributed by atoms with Crippen LogP contribution in [0.4, 0.5) is 0 Å². The Bertz CT molecular complexity index is 1010. The standard InChI is InChI=1S/C16H16O8S2/c1-23-26(21,22)15-7-3-4-12(9-15)10-24-16(17)14-6-2-5-13(8-14)11-25(18,19)20/h2-9H,10-11H2,1H3,(H,18,19,20). The van der Waals surface area contributed by atoms with E-state index in [9.17, 15) is 21.6 Å². The van der Waals surface area contributed by atoms with E-state index in [1.54, 1.807) is 6.07 Å². The van der Waals surface area contributed by atoms with Gasteiger partial charge in [0.15, 0.2) is 0 Å². The number of rotatable bonds is 7. The van der Waals surface area contributed by atoms with Crippen LogP contribution in [-0.4, -0.2) is 34.5 Å². The number of hydrogen-bond donors (Lipinski definition) is 1. The Labute approximate surface area is 151 Å². The predicted octanol–water partition coefficient (Wildman–Crippen LogP) is 1.77. The molecule has 0 aliphatic heterocycles. The minimum atomic E-state index is -4.22. The van der Waals surface area contributed by atoms with Crippen molar-refractivity contribution in [3.63, 3.8) is 0 Å². The van der Waals surface area contributed by atoms with Crippen LogP contribution in [0, 0.1) is 0 Å². The van der Waals surface area contributed by atoms with Crippen LogP contribution in [0.5, 0.6) is 0 Å². The van der Waals surface area contributed by atoms with Crippen molar-refractivity contribution in [2.45, 2.75) is 17.3 Å². The van der Waals surface area contributed by atoms with Crippen molar-refractivity contribution < 1.29 is 35.1 Å². The first-order valence-electron chi connectivity index (χ1n) is 7.21. The van der Waals surface area contributed by atoms with Crippen LogP contribution in [0.15, 0.2) is 53.4 Å². The zero-order chi connectivity index (χ0) is 19.4. The van der Waals surface area contributed by atoms with Crippen LogP contribution in [0.25, 0.3) is 0 Å². The highest BCUT2D eigenvalue weighted by molar-refractivity contribution is 7.86. The highest BCUT2D eigenvalue weighted by Crippen LogP contribution is 2.15. The van der Waals surface area contributed by atoms with E-state index < -0.39 is 32.0 Å². The Morgan fingerprint density at radius 1 is 1.00 bits per heavy atom. The molecular formula is C16H16O8S2. The predicted molar refractivity (Wildman–Crippen MR) is 91.5 cm³/mol. The summed E-state index contributed by atoms with van der Waals surface area (Å²) in [6.07, 6.45) is 0. The topological polar surface area (TPSA) is 124 Å². The number of benzene rings is 2. The summed E-state index contributed by atoms with van der Waals surface area (Å²) in [6.45, 7) is -0.186. The van der Waals surface area contributed by atoms with Crippen LogP contribution in [-0.2, 0) is 41.5 Å². The fourth-order valence-electron chi connectivity index (χ4n) is 2.12. The number of ether oxygens (including phenoxy) is 1. The smallest absolute Gasteiger partial charge is 0.338 e. The molecule has 0 radical (unpaired) electrons. The van der Waals surface area contributed by atoms with Crippen LogP contribution in [0.1, 0.15) is 21.5 Å². The van der Waals surface area contributed by atoms with Crippen LogP contribution >= 0.6 is 0 Å². The van der Waals surface area contributed by atoms with Crippen molar-refractivity contribution >= 4 is 26.2 Å². The molecule has 2 aromatic rings. The van der Waals surface area contributed by atoms with E-state index >= 15 is 0 Å². The zero-order valence-corrected chi connectivity index (χ0v) is 15.3. The highest BCUT2D eigenvalue weighted by Gasteiger charge is 2.15. The molecule has 0 aromatic heterocycles. The van der Waals surface area contributed by atoms with Crippen molar-refractivity contribution in [2.75, 3.05) is 7.11 Å². The minimum absolute atomic E-state index is 0.0660. The van der Waals surface area contributed by atoms with Crippen LogP contribution in [0.3, 0.4) is 0 Å². The molecule has 0 fully saturated rings. The first-order valence-corrected chi connectivity index (χ1v) is 10.2. The second-order valence-electron chi connectivity index (χ2n) is 5.27. The molecule has 1 N–H and O–H groups in total. The maximum Gasteiger partial charge on any atom is 0.338 e. The average Bonchev–Trinajstić information content (AvgIpc) is 2.58. The van der Waals surface area contributed by atoms with Gasteiger partial charge in [0.05, 0.1) is 17.6 Å². The SMILES string of the molecule is COS(=O)(=O)c1cccc(COC(=O)c2cccc(CS(=O)(=O)O)c2)c1. The molecule has 0 amide bonds. The number of carbonyl (C=O) groups is 1. The molecule has 10 heteroatoms. The van der Waals surface area contributed by atoms with Crippen LogP contribution < -0.4 is 0 Å². The lowest BCUT2D eigenvalue weighted by Gasteiger charge is -2.08. The fraction of sp³-hybridized carbons (Fsp3) is 0.188. The third kappa shape index (κ3) is 5.63. The van der Waals surface area contributed by atoms with Gasteiger partial charge in [-0.15, -0.1) is 0 Å². The molecule has 140 valence electrons. The van der Waals surface area contributed by atoms with Gasteiger partial charge in [-0.05, 0) is 35.4 Å². The third-order valence-corrected chi connectivity index (χ3v) is 5.26. The van der Waals surface area contributed by atoms with Crippen molar-refractivity contribution in [3.8, 4) is 0 Å². The van der Waals surface area contributed by atoms with Crippen LogP contribution in [0.2, 0.25) is 0 Å². The van der Waals surface area contributed by atoms with E-state index in [1.807, 2.05) is 0 Å². The van der Waals surface area contributed by atoms with Crippen molar-refractivity contribution in [1.29, 1.82) is 0 Å². The van der Waals surface area contributed by atoms with Gasteiger partial charge in [0.1, 0.15) is 12.4 Å². The van der Waals surface area contributed by atoms with Gasteiger partial charge < -0.3 is 4.74 Å². The van der Waals surface area contributed by atoms with E-state index in [0.29, 0.717) is 5.56 Å². The number of esters is 1. The van der Waals surface area contributed by atoms with Crippen molar-refractivity contribution in [3.05, 3.63) is 65.2 Å². The summed E-state index contributed by atoms with van der Waals surface area (Å²) >= 11 is 0. The summed E-state index contributed by atoms with van der Waals surface area (Å²) in [6, 6.07) is 11.4. The monoisotopic (exact) mass is 400 g/mol. The average molecular weight is 400 g/mol. The van der Waals surface area contributed by atoms with Gasteiger partial charge in [0.25, 0.3) is 20.2 Å². The minimum Gasteiger partial charge on any atom is -0.457 e. The van der Waals surface area contributed by atoms with E-state index in [1.165, 1.54) is 42.5 Å². The summed E-state index contributed by atoms with van der Waals surface area (Å²) < 4.78 is 63.5. The second-order valence-corrected chi connectivity index (χ2v) is 8.44. The van der Waals surface area contributed by atoms with Gasteiger partial charge in [0, 0.05) is 0 Å². The van der Waals surface area contributed by atoms with E-state index in [-0.39, 0.29) is 22.6 Å². The van der Waals surface area contributed by atoms with Gasteiger partial charge in [-0.2, -0.15) is 16.8 Å². The molecule has 0 aliphatic rings. The van der Waals surface area contributed by atoms with Gasteiger partial charge >= 0.3 is 5.97 Å². The summed E-state index contributed by atoms with van der Waals surface area (Å²) in [5.41, 5.74) is 0.771. The lowest BCUT2D eigenvalue weighted by atomic mass is 10.1. The summed E-state index contributed by atoms with van der Waals surface area (Å²) in [5, 5.41) is 0. The van der Waals surface area contributed by atoms with Gasteiger partial charge in [-0.1, -0.05) is 24.3 Å². The molecule has 0 spiro atoms. The summed E-state index contributed by atoms with van der Waals surface area (Å²) in [7, 11) is -7.03. The molecule has 0 aliphatic carbocycles. The van der Waals surface area contributed by atoms with Gasteiger partial charge in [0.2, 0.25) is 0 Å². The molecular weight excluding hydrogens is 384 g/mol. The molecule has 0 bridgehead atoms. The molecule has 0 unspecified atom stereocenters. The fourth-order valence-corrected chi connectivity index (χ4v) is 3.45. The molecule has 8 nitrogen and oxygen atoms in total. The van der Waals surface area contributed by atoms with Gasteiger partial charge in [-0.25, -0.2) is 4.79 Å². The van der Waals surface area contributed by atoms with E-state index in [0.717, 1.165) is 7.11 Å². The Morgan fingerprint density at radius 2 is 1.65 bits per heavy atom. The largest absolute Gasteiger partial charge is 0.457 e.